The quantitative estimate of drug-likeness (QED) is 0.248. The number of aliphatic hydroxyl groups excluding tert-OH is 2. The van der Waals surface area contributed by atoms with Gasteiger partial charge in [0.25, 0.3) is 0 Å². The topological polar surface area (TPSA) is 151 Å². The molecule has 0 aromatic rings. The van der Waals surface area contributed by atoms with Crippen LogP contribution in [0, 0.1) is 0 Å². The van der Waals surface area contributed by atoms with Crippen molar-refractivity contribution in [3.05, 3.63) is 11.6 Å². The number of hydrogen-bond acceptors (Lipinski definition) is 7. The Bertz CT molecular complexity index is 424. The van der Waals surface area contributed by atoms with Crippen molar-refractivity contribution in [1.29, 1.82) is 0 Å². The van der Waals surface area contributed by atoms with Crippen molar-refractivity contribution < 1.29 is 43.4 Å². The Morgan fingerprint density at radius 2 is 1.80 bits per heavy atom. The summed E-state index contributed by atoms with van der Waals surface area (Å²) >= 11 is 0. The second kappa shape index (κ2) is 8.25. The molecule has 0 aromatic heterocycles. The van der Waals surface area contributed by atoms with Crippen LogP contribution in [0.3, 0.4) is 0 Å². The lowest BCUT2D eigenvalue weighted by atomic mass is 10.0. The molecule has 0 heterocycles. The van der Waals surface area contributed by atoms with Crippen molar-refractivity contribution in [2.75, 3.05) is 13.2 Å². The van der Waals surface area contributed by atoms with Crippen molar-refractivity contribution in [3.63, 3.8) is 0 Å². The lowest BCUT2D eigenvalue weighted by Gasteiger charge is -2.17. The molecule has 0 saturated heterocycles. The van der Waals surface area contributed by atoms with Crippen LogP contribution in [0.15, 0.2) is 11.6 Å². The van der Waals surface area contributed by atoms with Gasteiger partial charge in [-0.05, 0) is 19.4 Å². The SMILES string of the molecule is CCOC(=O)/C=C(\C)[C@@H](O)[C@H](O)C(=O)COP(=O)(O)O. The number of Topliss-reactive ketones (excluding diaryl/α,β-unsaturated/α-hetero) is 1. The average molecular weight is 312 g/mol. The molecule has 0 bridgehead atoms. The first kappa shape index (κ1) is 18.9. The van der Waals surface area contributed by atoms with E-state index in [1.807, 2.05) is 0 Å². The highest BCUT2D eigenvalue weighted by Crippen LogP contribution is 2.35. The van der Waals surface area contributed by atoms with Crippen molar-refractivity contribution in [1.82, 2.24) is 0 Å². The van der Waals surface area contributed by atoms with Gasteiger partial charge in [0, 0.05) is 6.08 Å². The van der Waals surface area contributed by atoms with E-state index in [2.05, 4.69) is 9.26 Å². The first-order valence-corrected chi connectivity index (χ1v) is 7.05. The van der Waals surface area contributed by atoms with Crippen LogP contribution in [0.5, 0.6) is 0 Å². The highest BCUT2D eigenvalue weighted by atomic mass is 31.2. The molecule has 9 nitrogen and oxygen atoms in total. The van der Waals surface area contributed by atoms with Gasteiger partial charge in [-0.25, -0.2) is 9.36 Å². The highest BCUT2D eigenvalue weighted by molar-refractivity contribution is 7.46. The van der Waals surface area contributed by atoms with E-state index in [1.54, 1.807) is 6.92 Å². The summed E-state index contributed by atoms with van der Waals surface area (Å²) in [4.78, 5) is 39.2. The van der Waals surface area contributed by atoms with E-state index in [-0.39, 0.29) is 12.2 Å². The Labute approximate surface area is 115 Å². The normalized spacial score (nSPS) is 15.6. The molecular weight excluding hydrogens is 295 g/mol. The molecule has 116 valence electrons. The van der Waals surface area contributed by atoms with E-state index in [0.717, 1.165) is 6.08 Å². The summed E-state index contributed by atoms with van der Waals surface area (Å²) in [5.41, 5.74) is -0.0412. The van der Waals surface area contributed by atoms with Crippen molar-refractivity contribution in [3.8, 4) is 0 Å². The summed E-state index contributed by atoms with van der Waals surface area (Å²) in [5.74, 6) is -1.90. The maximum absolute atomic E-state index is 11.3. The van der Waals surface area contributed by atoms with Gasteiger partial charge in [0.15, 0.2) is 5.78 Å². The summed E-state index contributed by atoms with van der Waals surface area (Å²) in [7, 11) is -4.85. The number of phosphoric acid groups is 1. The maximum atomic E-state index is 11.3. The summed E-state index contributed by atoms with van der Waals surface area (Å²) in [6.45, 7) is 1.91. The number of carbonyl (C=O) groups is 2. The summed E-state index contributed by atoms with van der Waals surface area (Å²) < 4.78 is 18.9. The number of phosphoric ester groups is 1. The van der Waals surface area contributed by atoms with Gasteiger partial charge >= 0.3 is 13.8 Å². The molecule has 0 fully saturated rings. The second-order valence-electron chi connectivity index (χ2n) is 3.76. The zero-order valence-electron chi connectivity index (χ0n) is 10.9. The molecule has 0 aliphatic heterocycles. The Morgan fingerprint density at radius 1 is 1.25 bits per heavy atom. The lowest BCUT2D eigenvalue weighted by molar-refractivity contribution is -0.138. The molecular formula is C10H17O9P. The van der Waals surface area contributed by atoms with Crippen LogP contribution in [-0.2, 0) is 23.4 Å². The number of esters is 1. The third-order valence-corrected chi connectivity index (χ3v) is 2.57. The fourth-order valence-electron chi connectivity index (χ4n) is 1.11. The minimum atomic E-state index is -4.85. The molecule has 10 heteroatoms. The Balaban J connectivity index is 4.60. The zero-order valence-corrected chi connectivity index (χ0v) is 11.8. The fourth-order valence-corrected chi connectivity index (χ4v) is 1.41. The monoisotopic (exact) mass is 312 g/mol. The molecule has 0 spiro atoms. The average Bonchev–Trinajstić information content (AvgIpc) is 2.33. The van der Waals surface area contributed by atoms with Gasteiger partial charge in [-0.15, -0.1) is 0 Å². The molecule has 2 atom stereocenters. The standard InChI is InChI=1S/C10H17O9P/c1-3-18-8(12)4-6(2)9(13)10(14)7(11)5-19-20(15,16)17/h4,9-10,13-14H,3,5H2,1-2H3,(H2,15,16,17)/b6-4+/t9-,10-/m1/s1. The summed E-state index contributed by atoms with van der Waals surface area (Å²) in [5, 5.41) is 19.1. The number of aliphatic hydroxyl groups is 2. The molecule has 0 unspecified atom stereocenters. The van der Waals surface area contributed by atoms with E-state index < -0.39 is 38.4 Å². The van der Waals surface area contributed by atoms with Gasteiger partial charge in [0.05, 0.1) is 6.61 Å². The van der Waals surface area contributed by atoms with E-state index in [4.69, 9.17) is 9.79 Å². The van der Waals surface area contributed by atoms with Gasteiger partial charge < -0.3 is 24.7 Å². The number of hydrogen-bond donors (Lipinski definition) is 4. The largest absolute Gasteiger partial charge is 0.470 e. The number of rotatable bonds is 8. The van der Waals surface area contributed by atoms with Crippen LogP contribution in [0.25, 0.3) is 0 Å². The van der Waals surface area contributed by atoms with Gasteiger partial charge in [-0.1, -0.05) is 0 Å². The Kier molecular flexibility index (Phi) is 7.80. The van der Waals surface area contributed by atoms with Crippen LogP contribution < -0.4 is 0 Å². The first-order valence-electron chi connectivity index (χ1n) is 5.52. The van der Waals surface area contributed by atoms with E-state index in [0.29, 0.717) is 0 Å². The summed E-state index contributed by atoms with van der Waals surface area (Å²) in [6.07, 6.45) is -2.80. The summed E-state index contributed by atoms with van der Waals surface area (Å²) in [6, 6.07) is 0. The number of carbonyl (C=O) groups excluding carboxylic acids is 2. The molecule has 0 aromatic carbocycles. The van der Waals surface area contributed by atoms with Crippen molar-refractivity contribution in [2.24, 2.45) is 0 Å². The predicted molar refractivity (Wildman–Crippen MR) is 65.4 cm³/mol. The first-order chi connectivity index (χ1) is 9.08. The molecule has 0 saturated carbocycles. The third-order valence-electron chi connectivity index (χ3n) is 2.10. The van der Waals surface area contributed by atoms with Gasteiger partial charge in [0.2, 0.25) is 0 Å². The minimum Gasteiger partial charge on any atom is -0.463 e. The Morgan fingerprint density at radius 3 is 2.25 bits per heavy atom. The van der Waals surface area contributed by atoms with Crippen LogP contribution in [0.2, 0.25) is 0 Å². The van der Waals surface area contributed by atoms with Crippen molar-refractivity contribution >= 4 is 19.6 Å². The van der Waals surface area contributed by atoms with Gasteiger partial charge in [-0.2, -0.15) is 0 Å². The predicted octanol–water partition coefficient (Wildman–Crippen LogP) is -1.10. The number of ketones is 1. The fraction of sp³-hybridized carbons (Fsp3) is 0.600. The molecule has 0 rings (SSSR count). The molecule has 20 heavy (non-hydrogen) atoms. The Hall–Kier alpha value is -1.09. The molecule has 0 amide bonds. The maximum Gasteiger partial charge on any atom is 0.470 e. The zero-order chi connectivity index (χ0) is 15.9. The van der Waals surface area contributed by atoms with E-state index in [9.17, 15) is 24.4 Å². The van der Waals surface area contributed by atoms with Crippen LogP contribution >= 0.6 is 7.82 Å². The molecule has 4 N–H and O–H groups in total. The van der Waals surface area contributed by atoms with Gasteiger partial charge in [0.1, 0.15) is 18.8 Å². The van der Waals surface area contributed by atoms with E-state index >= 15 is 0 Å². The van der Waals surface area contributed by atoms with Gasteiger partial charge in [-0.3, -0.25) is 9.32 Å². The lowest BCUT2D eigenvalue weighted by Crippen LogP contribution is -2.37. The van der Waals surface area contributed by atoms with Crippen molar-refractivity contribution in [2.45, 2.75) is 26.1 Å². The third kappa shape index (κ3) is 7.49. The van der Waals surface area contributed by atoms with Crippen LogP contribution in [0.4, 0.5) is 0 Å². The minimum absolute atomic E-state index is 0.0412. The second-order valence-corrected chi connectivity index (χ2v) is 5.00. The molecule has 0 aliphatic carbocycles. The smallest absolute Gasteiger partial charge is 0.463 e. The van der Waals surface area contributed by atoms with Crippen LogP contribution in [0.1, 0.15) is 13.8 Å². The highest BCUT2D eigenvalue weighted by Gasteiger charge is 2.28. The number of ether oxygens (including phenoxy) is 1. The molecule has 0 radical (unpaired) electrons. The molecule has 0 aliphatic rings. The van der Waals surface area contributed by atoms with Crippen LogP contribution in [-0.4, -0.2) is 57.2 Å². The van der Waals surface area contributed by atoms with E-state index in [1.165, 1.54) is 6.92 Å².